The largest absolute Gasteiger partial charge is 0.497 e. The number of amides is 2. The molecular formula is C29H37N3O7S. The second-order valence-electron chi connectivity index (χ2n) is 8.72. The molecule has 0 atom stereocenters. The fourth-order valence-corrected chi connectivity index (χ4v) is 5.00. The molecule has 0 radical (unpaired) electrons. The van der Waals surface area contributed by atoms with Crippen LogP contribution in [0.1, 0.15) is 19.4 Å². The van der Waals surface area contributed by atoms with Crippen LogP contribution in [0.2, 0.25) is 0 Å². The third kappa shape index (κ3) is 7.80. The predicted octanol–water partition coefficient (Wildman–Crippen LogP) is 5.00. The zero-order valence-corrected chi connectivity index (χ0v) is 24.4. The van der Waals surface area contributed by atoms with Gasteiger partial charge in [0.2, 0.25) is 0 Å². The number of para-hydroxylation sites is 2. The molecule has 1 N–H and O–H groups in total. The number of urea groups is 1. The van der Waals surface area contributed by atoms with Gasteiger partial charge in [0.15, 0.2) is 0 Å². The van der Waals surface area contributed by atoms with Gasteiger partial charge in [-0.15, -0.1) is 0 Å². The van der Waals surface area contributed by atoms with Crippen LogP contribution in [0.25, 0.3) is 0 Å². The molecule has 0 spiro atoms. The van der Waals surface area contributed by atoms with E-state index in [0.29, 0.717) is 22.7 Å². The van der Waals surface area contributed by atoms with Crippen LogP contribution in [0.5, 0.6) is 17.2 Å². The number of rotatable bonds is 14. The Balaban J connectivity index is 1.97. The van der Waals surface area contributed by atoms with Gasteiger partial charge in [-0.1, -0.05) is 18.2 Å². The monoisotopic (exact) mass is 571 g/mol. The second kappa shape index (κ2) is 14.4. The molecule has 11 heteroatoms. The minimum absolute atomic E-state index is 0.0161. The first-order valence-electron chi connectivity index (χ1n) is 12.9. The number of hydrogen-bond donors (Lipinski definition) is 1. The third-order valence-corrected chi connectivity index (χ3v) is 7.54. The summed E-state index contributed by atoms with van der Waals surface area (Å²) in [7, 11) is 0.395. The molecule has 0 saturated heterocycles. The van der Waals surface area contributed by atoms with Crippen LogP contribution < -0.4 is 23.9 Å². The summed E-state index contributed by atoms with van der Waals surface area (Å²) in [5, 5.41) is 2.87. The molecule has 0 aromatic heterocycles. The highest BCUT2D eigenvalue weighted by atomic mass is 32.2. The average molecular weight is 572 g/mol. The summed E-state index contributed by atoms with van der Waals surface area (Å²) in [5.74, 6) is 1.17. The van der Waals surface area contributed by atoms with Gasteiger partial charge in [-0.2, -0.15) is 8.42 Å². The van der Waals surface area contributed by atoms with Gasteiger partial charge in [0.05, 0.1) is 33.1 Å². The highest BCUT2D eigenvalue weighted by molar-refractivity contribution is 7.87. The van der Waals surface area contributed by atoms with Crippen LogP contribution in [0.15, 0.2) is 71.6 Å². The first-order chi connectivity index (χ1) is 19.3. The second-order valence-corrected chi connectivity index (χ2v) is 10.3. The maximum absolute atomic E-state index is 13.4. The Labute approximate surface area is 236 Å². The Morgan fingerprint density at radius 2 is 1.57 bits per heavy atom. The maximum Gasteiger partial charge on any atom is 0.339 e. The summed E-state index contributed by atoms with van der Waals surface area (Å²) in [6.07, 6.45) is 0. The van der Waals surface area contributed by atoms with Gasteiger partial charge in [0.25, 0.3) is 0 Å². The molecule has 0 aliphatic carbocycles. The lowest BCUT2D eigenvalue weighted by atomic mass is 10.1. The Morgan fingerprint density at radius 1 is 0.875 bits per heavy atom. The summed E-state index contributed by atoms with van der Waals surface area (Å²) >= 11 is 0. The van der Waals surface area contributed by atoms with Gasteiger partial charge in [0, 0.05) is 44.1 Å². The number of benzene rings is 3. The predicted molar refractivity (Wildman–Crippen MR) is 155 cm³/mol. The van der Waals surface area contributed by atoms with Crippen LogP contribution >= 0.6 is 0 Å². The smallest absolute Gasteiger partial charge is 0.339 e. The van der Waals surface area contributed by atoms with Gasteiger partial charge >= 0.3 is 16.1 Å². The van der Waals surface area contributed by atoms with E-state index in [9.17, 15) is 13.2 Å². The number of nitrogens with zero attached hydrogens (tertiary/aromatic N) is 2. The van der Waals surface area contributed by atoms with Crippen molar-refractivity contribution in [3.63, 3.8) is 0 Å². The van der Waals surface area contributed by atoms with Gasteiger partial charge in [-0.05, 0) is 56.3 Å². The molecule has 0 bridgehead atoms. The van der Waals surface area contributed by atoms with Gasteiger partial charge < -0.3 is 33.5 Å². The molecule has 40 heavy (non-hydrogen) atoms. The number of methoxy groups -OCH3 is 3. The van der Waals surface area contributed by atoms with E-state index in [1.54, 1.807) is 49.6 Å². The van der Waals surface area contributed by atoms with Crippen molar-refractivity contribution in [1.29, 1.82) is 0 Å². The van der Waals surface area contributed by atoms with Crippen molar-refractivity contribution in [2.24, 2.45) is 0 Å². The molecule has 0 heterocycles. The van der Waals surface area contributed by atoms with E-state index >= 15 is 0 Å². The number of nitrogens with one attached hydrogen (secondary N) is 1. The normalized spacial score (nSPS) is 11.0. The third-order valence-electron chi connectivity index (χ3n) is 6.29. The van der Waals surface area contributed by atoms with E-state index in [4.69, 9.17) is 18.4 Å². The molecule has 3 aromatic rings. The average Bonchev–Trinajstić information content (AvgIpc) is 2.96. The van der Waals surface area contributed by atoms with Crippen molar-refractivity contribution in [3.05, 3.63) is 72.3 Å². The SMILES string of the molecule is CCN(CC)c1ccc(CN(CCOC)C(=O)Nc2ccccc2OC)c(OS(=O)(=O)c2ccc(OC)cc2)c1. The zero-order valence-electron chi connectivity index (χ0n) is 23.5. The fourth-order valence-electron chi connectivity index (χ4n) is 4.05. The van der Waals surface area contributed by atoms with Crippen molar-refractivity contribution < 1.29 is 31.6 Å². The van der Waals surface area contributed by atoms with Crippen LogP contribution in [0.3, 0.4) is 0 Å². The van der Waals surface area contributed by atoms with Crippen molar-refractivity contribution >= 4 is 27.5 Å². The molecule has 3 aromatic carbocycles. The quantitative estimate of drug-likeness (QED) is 0.270. The number of ether oxygens (including phenoxy) is 3. The lowest BCUT2D eigenvalue weighted by Crippen LogP contribution is -2.37. The van der Waals surface area contributed by atoms with E-state index < -0.39 is 16.1 Å². The molecule has 216 valence electrons. The van der Waals surface area contributed by atoms with Gasteiger partial charge in [0.1, 0.15) is 22.1 Å². The van der Waals surface area contributed by atoms with Crippen molar-refractivity contribution in [2.75, 3.05) is 57.8 Å². The van der Waals surface area contributed by atoms with Gasteiger partial charge in [-0.25, -0.2) is 4.79 Å². The molecule has 3 rings (SSSR count). The summed E-state index contributed by atoms with van der Waals surface area (Å²) < 4.78 is 48.0. The van der Waals surface area contributed by atoms with E-state index in [1.165, 1.54) is 31.3 Å². The lowest BCUT2D eigenvalue weighted by molar-refractivity contribution is 0.152. The van der Waals surface area contributed by atoms with Crippen molar-refractivity contribution in [2.45, 2.75) is 25.3 Å². The van der Waals surface area contributed by atoms with Crippen LogP contribution in [0.4, 0.5) is 16.2 Å². The maximum atomic E-state index is 13.4. The van der Waals surface area contributed by atoms with Crippen LogP contribution in [-0.2, 0) is 21.4 Å². The summed E-state index contributed by atoms with van der Waals surface area (Å²) in [4.78, 5) is 16.9. The Hall–Kier alpha value is -3.96. The first kappa shape index (κ1) is 30.6. The van der Waals surface area contributed by atoms with E-state index in [2.05, 4.69) is 10.2 Å². The van der Waals surface area contributed by atoms with Gasteiger partial charge in [-0.3, -0.25) is 0 Å². The Kier molecular flexibility index (Phi) is 11.0. The minimum atomic E-state index is -4.18. The molecule has 2 amide bonds. The van der Waals surface area contributed by atoms with Crippen molar-refractivity contribution in [3.8, 4) is 17.2 Å². The molecular weight excluding hydrogens is 534 g/mol. The highest BCUT2D eigenvalue weighted by Gasteiger charge is 2.23. The standard InChI is InChI=1S/C29H37N3O7S/c1-6-31(7-2)23-13-12-22(28(20-23)39-40(34,35)25-16-14-24(37-4)15-17-25)21-32(18-19-36-3)29(33)30-26-10-8-9-11-27(26)38-5/h8-17,20H,6-7,18-19,21H2,1-5H3,(H,30,33). The summed E-state index contributed by atoms with van der Waals surface area (Å²) in [6.45, 7) is 6.07. The lowest BCUT2D eigenvalue weighted by Gasteiger charge is -2.26. The minimum Gasteiger partial charge on any atom is -0.497 e. The number of carbonyl (C=O) groups is 1. The van der Waals surface area contributed by atoms with E-state index in [1.807, 2.05) is 26.0 Å². The molecule has 0 saturated carbocycles. The summed E-state index contributed by atoms with van der Waals surface area (Å²) in [5.41, 5.74) is 1.82. The van der Waals surface area contributed by atoms with E-state index in [-0.39, 0.29) is 30.3 Å². The number of anilines is 2. The van der Waals surface area contributed by atoms with Crippen LogP contribution in [-0.4, -0.2) is 66.9 Å². The molecule has 0 aliphatic heterocycles. The molecule has 0 unspecified atom stereocenters. The summed E-state index contributed by atoms with van der Waals surface area (Å²) in [6, 6.07) is 18.0. The Bertz CT molecular complexity index is 1360. The number of carbonyl (C=O) groups excluding carboxylic acids is 1. The fraction of sp³-hybridized carbons (Fsp3) is 0.345. The zero-order chi connectivity index (χ0) is 29.1. The van der Waals surface area contributed by atoms with Crippen molar-refractivity contribution in [1.82, 2.24) is 4.90 Å². The van der Waals surface area contributed by atoms with E-state index in [0.717, 1.165) is 18.8 Å². The van der Waals surface area contributed by atoms with Crippen LogP contribution in [0, 0.1) is 0 Å². The first-order valence-corrected chi connectivity index (χ1v) is 14.3. The molecule has 0 fully saturated rings. The highest BCUT2D eigenvalue weighted by Crippen LogP contribution is 2.31. The topological polar surface area (TPSA) is 107 Å². The molecule has 0 aliphatic rings. The molecule has 10 nitrogen and oxygen atoms in total. The Morgan fingerprint density at radius 3 is 2.20 bits per heavy atom. The number of hydrogen-bond acceptors (Lipinski definition) is 8.